The van der Waals surface area contributed by atoms with Crippen LogP contribution in [0.4, 0.5) is 5.95 Å². The summed E-state index contributed by atoms with van der Waals surface area (Å²) in [6.45, 7) is 1.75. The zero-order valence-electron chi connectivity index (χ0n) is 15.4. The standard InChI is InChI=1S/C18H22N4O4.2ClH/c1-25-16(23)12-26-15-4-2-13(3-5-15)17(24)21-18-20-10-11-22(18)14-6-8-19-9-7-14;;/h2-5,10-11,14,19H,6-9,12H2,1H3,(H,20,21,24);2*1H. The molecule has 0 spiro atoms. The summed E-state index contributed by atoms with van der Waals surface area (Å²) in [5.74, 6) is 0.332. The van der Waals surface area contributed by atoms with E-state index in [2.05, 4.69) is 20.4 Å². The molecular formula is C18H24Cl2N4O4. The quantitative estimate of drug-likeness (QED) is 0.683. The second-order valence-corrected chi connectivity index (χ2v) is 5.98. The number of hydrogen-bond donors (Lipinski definition) is 2. The zero-order valence-corrected chi connectivity index (χ0v) is 17.1. The van der Waals surface area contributed by atoms with E-state index in [0.29, 0.717) is 23.3 Å². The zero-order chi connectivity index (χ0) is 18.4. The maximum Gasteiger partial charge on any atom is 0.343 e. The Bertz CT molecular complexity index is 761. The van der Waals surface area contributed by atoms with Crippen LogP contribution < -0.4 is 15.4 Å². The molecule has 0 aliphatic carbocycles. The van der Waals surface area contributed by atoms with Gasteiger partial charge in [-0.3, -0.25) is 10.1 Å². The smallest absolute Gasteiger partial charge is 0.343 e. The van der Waals surface area contributed by atoms with E-state index in [1.807, 2.05) is 10.8 Å². The van der Waals surface area contributed by atoms with Crippen LogP contribution in [-0.2, 0) is 9.53 Å². The van der Waals surface area contributed by atoms with Crippen LogP contribution in [0.15, 0.2) is 36.7 Å². The number of aromatic nitrogens is 2. The van der Waals surface area contributed by atoms with Crippen molar-refractivity contribution in [2.45, 2.75) is 18.9 Å². The number of piperidine rings is 1. The Hall–Kier alpha value is -2.29. The molecule has 1 aromatic heterocycles. The molecule has 1 aromatic carbocycles. The number of anilines is 1. The van der Waals surface area contributed by atoms with Crippen molar-refractivity contribution < 1.29 is 19.1 Å². The molecular weight excluding hydrogens is 407 g/mol. The van der Waals surface area contributed by atoms with E-state index in [9.17, 15) is 9.59 Å². The van der Waals surface area contributed by atoms with E-state index < -0.39 is 5.97 Å². The summed E-state index contributed by atoms with van der Waals surface area (Å²) in [5.41, 5.74) is 0.482. The van der Waals surface area contributed by atoms with Crippen molar-refractivity contribution >= 4 is 42.6 Å². The molecule has 0 unspecified atom stereocenters. The molecule has 2 heterocycles. The summed E-state index contributed by atoms with van der Waals surface area (Å²) in [5, 5.41) is 6.19. The molecule has 154 valence electrons. The van der Waals surface area contributed by atoms with Crippen LogP contribution in [0.2, 0.25) is 0 Å². The second-order valence-electron chi connectivity index (χ2n) is 5.98. The summed E-state index contributed by atoms with van der Waals surface area (Å²) in [6, 6.07) is 6.89. The number of carbonyl (C=O) groups excluding carboxylic acids is 2. The summed E-state index contributed by atoms with van der Waals surface area (Å²) >= 11 is 0. The SMILES string of the molecule is COC(=O)COc1ccc(C(=O)Nc2nccn2C2CCNCC2)cc1.Cl.Cl. The molecule has 10 heteroatoms. The van der Waals surface area contributed by atoms with Crippen molar-refractivity contribution in [1.82, 2.24) is 14.9 Å². The summed E-state index contributed by atoms with van der Waals surface area (Å²) < 4.78 is 11.8. The molecule has 2 N–H and O–H groups in total. The molecule has 8 nitrogen and oxygen atoms in total. The minimum atomic E-state index is -0.462. The molecule has 3 rings (SSSR count). The molecule has 1 amide bonds. The number of nitrogens with zero attached hydrogens (tertiary/aromatic N) is 2. The van der Waals surface area contributed by atoms with Crippen LogP contribution in [0, 0.1) is 0 Å². The van der Waals surface area contributed by atoms with Crippen LogP contribution >= 0.6 is 24.8 Å². The van der Waals surface area contributed by atoms with Gasteiger partial charge in [0.1, 0.15) is 5.75 Å². The fourth-order valence-electron chi connectivity index (χ4n) is 2.87. The highest BCUT2D eigenvalue weighted by Crippen LogP contribution is 2.23. The van der Waals surface area contributed by atoms with E-state index in [1.165, 1.54) is 7.11 Å². The van der Waals surface area contributed by atoms with Gasteiger partial charge in [0.15, 0.2) is 6.61 Å². The third-order valence-electron chi connectivity index (χ3n) is 4.30. The van der Waals surface area contributed by atoms with E-state index >= 15 is 0 Å². The average Bonchev–Trinajstić information content (AvgIpc) is 3.15. The van der Waals surface area contributed by atoms with Crippen LogP contribution in [0.1, 0.15) is 29.2 Å². The third-order valence-corrected chi connectivity index (χ3v) is 4.30. The van der Waals surface area contributed by atoms with Gasteiger partial charge in [0.2, 0.25) is 5.95 Å². The lowest BCUT2D eigenvalue weighted by molar-refractivity contribution is -0.142. The van der Waals surface area contributed by atoms with Gasteiger partial charge in [-0.2, -0.15) is 0 Å². The number of halogens is 2. The fourth-order valence-corrected chi connectivity index (χ4v) is 2.87. The number of benzene rings is 1. The first-order valence-electron chi connectivity index (χ1n) is 8.52. The van der Waals surface area contributed by atoms with Crippen LogP contribution in [-0.4, -0.2) is 48.2 Å². The Morgan fingerprint density at radius 3 is 2.54 bits per heavy atom. The van der Waals surface area contributed by atoms with Gasteiger partial charge >= 0.3 is 5.97 Å². The predicted molar refractivity (Wildman–Crippen MR) is 110 cm³/mol. The van der Waals surface area contributed by atoms with Crippen molar-refractivity contribution in [3.05, 3.63) is 42.2 Å². The van der Waals surface area contributed by atoms with Crippen molar-refractivity contribution in [1.29, 1.82) is 0 Å². The molecule has 0 radical (unpaired) electrons. The number of methoxy groups -OCH3 is 1. The lowest BCUT2D eigenvalue weighted by atomic mass is 10.1. The largest absolute Gasteiger partial charge is 0.482 e. The highest BCUT2D eigenvalue weighted by atomic mass is 35.5. The number of nitrogens with one attached hydrogen (secondary N) is 2. The number of esters is 1. The number of hydrogen-bond acceptors (Lipinski definition) is 6. The van der Waals surface area contributed by atoms with Crippen molar-refractivity contribution in [3.8, 4) is 5.75 Å². The topological polar surface area (TPSA) is 94.5 Å². The Morgan fingerprint density at radius 1 is 1.21 bits per heavy atom. The Morgan fingerprint density at radius 2 is 1.89 bits per heavy atom. The number of imidazole rings is 1. The number of rotatable bonds is 6. The van der Waals surface area contributed by atoms with Gasteiger partial charge in [0.25, 0.3) is 5.91 Å². The molecule has 0 atom stereocenters. The van der Waals surface area contributed by atoms with Gasteiger partial charge in [0.05, 0.1) is 7.11 Å². The Kier molecular flexibility index (Phi) is 9.78. The molecule has 0 bridgehead atoms. The minimum Gasteiger partial charge on any atom is -0.482 e. The van der Waals surface area contributed by atoms with Crippen molar-refractivity contribution in [2.75, 3.05) is 32.1 Å². The van der Waals surface area contributed by atoms with Gasteiger partial charge in [-0.25, -0.2) is 9.78 Å². The predicted octanol–water partition coefficient (Wildman–Crippen LogP) is 2.46. The molecule has 0 saturated carbocycles. The first-order chi connectivity index (χ1) is 12.7. The van der Waals surface area contributed by atoms with E-state index in [0.717, 1.165) is 25.9 Å². The molecule has 1 saturated heterocycles. The van der Waals surface area contributed by atoms with Gasteiger partial charge in [-0.1, -0.05) is 0 Å². The molecule has 2 aromatic rings. The highest BCUT2D eigenvalue weighted by molar-refractivity contribution is 6.03. The van der Waals surface area contributed by atoms with Crippen LogP contribution in [0.5, 0.6) is 5.75 Å². The van der Waals surface area contributed by atoms with Gasteiger partial charge in [-0.05, 0) is 50.2 Å². The maximum atomic E-state index is 12.5. The summed E-state index contributed by atoms with van der Waals surface area (Å²) in [6.07, 6.45) is 5.60. The average molecular weight is 431 g/mol. The Balaban J connectivity index is 0.00000196. The van der Waals surface area contributed by atoms with E-state index in [4.69, 9.17) is 4.74 Å². The lowest BCUT2D eigenvalue weighted by Crippen LogP contribution is -2.30. The summed E-state index contributed by atoms with van der Waals surface area (Å²) in [4.78, 5) is 27.8. The van der Waals surface area contributed by atoms with Gasteiger partial charge in [-0.15, -0.1) is 24.8 Å². The van der Waals surface area contributed by atoms with Crippen LogP contribution in [0.25, 0.3) is 0 Å². The van der Waals surface area contributed by atoms with Gasteiger partial charge < -0.3 is 19.4 Å². The molecule has 1 aliphatic rings. The van der Waals surface area contributed by atoms with E-state index in [-0.39, 0.29) is 37.3 Å². The van der Waals surface area contributed by atoms with Gasteiger partial charge in [0, 0.05) is 24.0 Å². The second kappa shape index (κ2) is 11.5. The normalized spacial score (nSPS) is 13.6. The fraction of sp³-hybridized carbons (Fsp3) is 0.389. The first kappa shape index (κ1) is 23.7. The maximum absolute atomic E-state index is 12.5. The first-order valence-corrected chi connectivity index (χ1v) is 8.52. The van der Waals surface area contributed by atoms with E-state index in [1.54, 1.807) is 30.5 Å². The lowest BCUT2D eigenvalue weighted by Gasteiger charge is -2.25. The number of carbonyl (C=O) groups is 2. The number of amides is 1. The van der Waals surface area contributed by atoms with Crippen molar-refractivity contribution in [2.24, 2.45) is 0 Å². The highest BCUT2D eigenvalue weighted by Gasteiger charge is 2.19. The number of ether oxygens (including phenoxy) is 2. The third kappa shape index (κ3) is 6.12. The molecule has 1 fully saturated rings. The Labute approximate surface area is 175 Å². The van der Waals surface area contributed by atoms with Crippen molar-refractivity contribution in [3.63, 3.8) is 0 Å². The van der Waals surface area contributed by atoms with Crippen LogP contribution in [0.3, 0.4) is 0 Å². The minimum absolute atomic E-state index is 0. The molecule has 1 aliphatic heterocycles. The monoisotopic (exact) mass is 430 g/mol. The summed E-state index contributed by atoms with van der Waals surface area (Å²) in [7, 11) is 1.30. The molecule has 28 heavy (non-hydrogen) atoms.